The minimum Gasteiger partial charge on any atom is -0.496 e. The van der Waals surface area contributed by atoms with E-state index in [0.29, 0.717) is 6.54 Å². The zero-order chi connectivity index (χ0) is 30.7. The highest BCUT2D eigenvalue weighted by atomic mass is 16.5. The van der Waals surface area contributed by atoms with E-state index in [1.54, 1.807) is 12.0 Å². The van der Waals surface area contributed by atoms with Crippen LogP contribution in [-0.4, -0.2) is 46.1 Å². The van der Waals surface area contributed by atoms with Gasteiger partial charge in [0, 0.05) is 47.4 Å². The fraction of sp³-hybridized carbons (Fsp3) is 0.472. The summed E-state index contributed by atoms with van der Waals surface area (Å²) in [6.45, 7) is 8.69. The number of aryl methyl sites for hydroxylation is 1. The molecule has 2 heterocycles. The third kappa shape index (κ3) is 6.47. The minimum absolute atomic E-state index is 0.0223. The van der Waals surface area contributed by atoms with E-state index in [1.165, 1.54) is 0 Å². The second kappa shape index (κ2) is 12.9. The van der Waals surface area contributed by atoms with Crippen molar-refractivity contribution in [2.24, 2.45) is 17.3 Å². The van der Waals surface area contributed by atoms with Gasteiger partial charge >= 0.3 is 5.97 Å². The van der Waals surface area contributed by atoms with Gasteiger partial charge in [0.1, 0.15) is 11.8 Å². The van der Waals surface area contributed by atoms with Gasteiger partial charge in [-0.25, -0.2) is 4.79 Å². The average Bonchev–Trinajstić information content (AvgIpc) is 3.37. The second-order valence-corrected chi connectivity index (χ2v) is 13.2. The summed E-state index contributed by atoms with van der Waals surface area (Å²) in [7, 11) is 1.66. The topological polar surface area (TPSA) is 91.8 Å². The summed E-state index contributed by atoms with van der Waals surface area (Å²) in [6, 6.07) is 18.4. The fourth-order valence-electron chi connectivity index (χ4n) is 7.25. The number of pyridine rings is 1. The van der Waals surface area contributed by atoms with Gasteiger partial charge in [-0.3, -0.25) is 9.78 Å². The number of ether oxygens (including phenoxy) is 1. The predicted molar refractivity (Wildman–Crippen MR) is 169 cm³/mol. The van der Waals surface area contributed by atoms with Crippen LogP contribution >= 0.6 is 0 Å². The summed E-state index contributed by atoms with van der Waals surface area (Å²) in [5, 5.41) is 14.5. The van der Waals surface area contributed by atoms with E-state index in [9.17, 15) is 14.7 Å². The molecule has 4 atom stereocenters. The van der Waals surface area contributed by atoms with Gasteiger partial charge in [-0.2, -0.15) is 0 Å². The summed E-state index contributed by atoms with van der Waals surface area (Å²) in [5.41, 5.74) is 4.52. The largest absolute Gasteiger partial charge is 0.496 e. The van der Waals surface area contributed by atoms with Gasteiger partial charge in [0.05, 0.1) is 13.2 Å². The normalized spacial score (nSPS) is 22.9. The number of amides is 1. The molecular weight excluding hydrogens is 538 g/mol. The number of carbonyl (C=O) groups excluding carboxylic acids is 1. The van der Waals surface area contributed by atoms with Crippen molar-refractivity contribution in [1.82, 2.24) is 15.2 Å². The molecule has 2 fully saturated rings. The minimum atomic E-state index is -0.944. The van der Waals surface area contributed by atoms with Crippen LogP contribution in [0.15, 0.2) is 66.9 Å². The Kier molecular flexibility index (Phi) is 9.21. The highest BCUT2D eigenvalue weighted by Gasteiger charge is 2.58. The van der Waals surface area contributed by atoms with E-state index in [0.717, 1.165) is 65.8 Å². The standard InChI is InChI=1S/C36H45N3O4/c1-23-16-17-27(21-37-23)26-18-19-29(43-5)28(20-26)22-38-31-30(36(2,3)4)33(35(41)42)39(32(31)24-12-8-6-9-13-24)34(40)25-14-10-7-11-15-25/h6,8-9,12-13,16-21,25,30-33,38H,7,10-11,14-15,22H2,1-5H3,(H,41,42)/t30-,31-,32-,33-/m0/s1. The van der Waals surface area contributed by atoms with Crippen molar-refractivity contribution in [1.29, 1.82) is 0 Å². The number of carbonyl (C=O) groups is 2. The molecule has 7 nitrogen and oxygen atoms in total. The Labute approximate surface area is 255 Å². The Hall–Kier alpha value is -3.71. The van der Waals surface area contributed by atoms with Crippen molar-refractivity contribution in [2.75, 3.05) is 7.11 Å². The number of benzene rings is 2. The van der Waals surface area contributed by atoms with E-state index < -0.39 is 23.5 Å². The van der Waals surface area contributed by atoms with Crippen molar-refractivity contribution in [2.45, 2.75) is 84.5 Å². The Morgan fingerprint density at radius 3 is 2.30 bits per heavy atom. The quantitative estimate of drug-likeness (QED) is 0.303. The van der Waals surface area contributed by atoms with Gasteiger partial charge in [0.2, 0.25) is 5.91 Å². The van der Waals surface area contributed by atoms with Crippen LogP contribution in [0.2, 0.25) is 0 Å². The summed E-state index contributed by atoms with van der Waals surface area (Å²) in [4.78, 5) is 33.7. The van der Waals surface area contributed by atoms with Crippen LogP contribution < -0.4 is 10.1 Å². The second-order valence-electron chi connectivity index (χ2n) is 13.2. The summed E-state index contributed by atoms with van der Waals surface area (Å²) >= 11 is 0. The zero-order valence-electron chi connectivity index (χ0n) is 26.0. The molecule has 2 aliphatic rings. The van der Waals surface area contributed by atoms with Crippen LogP contribution in [0.25, 0.3) is 11.1 Å². The van der Waals surface area contributed by atoms with Crippen molar-refractivity contribution >= 4 is 11.9 Å². The molecule has 1 saturated carbocycles. The molecule has 43 heavy (non-hydrogen) atoms. The van der Waals surface area contributed by atoms with Gasteiger partial charge in [-0.05, 0) is 54.5 Å². The number of carboxylic acid groups (broad SMARTS) is 1. The monoisotopic (exact) mass is 583 g/mol. The lowest BCUT2D eigenvalue weighted by Crippen LogP contribution is -2.49. The molecule has 3 aromatic rings. The van der Waals surface area contributed by atoms with Gasteiger partial charge in [-0.15, -0.1) is 0 Å². The molecule has 1 aliphatic carbocycles. The van der Waals surface area contributed by atoms with E-state index >= 15 is 0 Å². The molecule has 2 aromatic carbocycles. The van der Waals surface area contributed by atoms with Crippen LogP contribution in [0.5, 0.6) is 5.75 Å². The molecule has 1 amide bonds. The number of hydrogen-bond donors (Lipinski definition) is 2. The number of methoxy groups -OCH3 is 1. The SMILES string of the molecule is COc1ccc(-c2ccc(C)nc2)cc1CN[C@H]1[C@H](C(C)(C)C)[C@@H](C(=O)O)N(C(=O)C2CCCCC2)[C@H]1c1ccccc1. The molecule has 1 aromatic heterocycles. The predicted octanol–water partition coefficient (Wildman–Crippen LogP) is 6.80. The van der Waals surface area contributed by atoms with Crippen LogP contribution in [0.3, 0.4) is 0 Å². The number of aliphatic carboxylic acids is 1. The number of likely N-dealkylation sites (tertiary alicyclic amines) is 1. The number of nitrogens with one attached hydrogen (secondary N) is 1. The van der Waals surface area contributed by atoms with Gasteiger partial charge in [0.25, 0.3) is 0 Å². The maximum atomic E-state index is 14.3. The first kappa shape index (κ1) is 30.7. The van der Waals surface area contributed by atoms with Crippen LogP contribution in [0, 0.1) is 24.2 Å². The molecule has 1 saturated heterocycles. The van der Waals surface area contributed by atoms with Crippen molar-refractivity contribution < 1.29 is 19.4 Å². The molecular formula is C36H45N3O4. The fourth-order valence-corrected chi connectivity index (χ4v) is 7.25. The number of aromatic nitrogens is 1. The summed E-state index contributed by atoms with van der Waals surface area (Å²) < 4.78 is 5.76. The molecule has 228 valence electrons. The Bertz CT molecular complexity index is 1410. The molecule has 0 unspecified atom stereocenters. The van der Waals surface area contributed by atoms with Crippen molar-refractivity contribution in [3.05, 3.63) is 83.7 Å². The third-order valence-corrected chi connectivity index (χ3v) is 9.32. The Morgan fingerprint density at radius 2 is 1.70 bits per heavy atom. The molecule has 1 aliphatic heterocycles. The van der Waals surface area contributed by atoms with Crippen LogP contribution in [0.1, 0.15) is 75.7 Å². The maximum absolute atomic E-state index is 14.3. The van der Waals surface area contributed by atoms with E-state index in [4.69, 9.17) is 4.74 Å². The number of hydrogen-bond acceptors (Lipinski definition) is 5. The first-order valence-electron chi connectivity index (χ1n) is 15.5. The third-order valence-electron chi connectivity index (χ3n) is 9.32. The van der Waals surface area contributed by atoms with E-state index in [-0.39, 0.29) is 23.8 Å². The zero-order valence-corrected chi connectivity index (χ0v) is 26.0. The van der Waals surface area contributed by atoms with Gasteiger partial charge in [0.15, 0.2) is 0 Å². The van der Waals surface area contributed by atoms with Crippen LogP contribution in [0.4, 0.5) is 0 Å². The lowest BCUT2D eigenvalue weighted by Gasteiger charge is -2.36. The first-order chi connectivity index (χ1) is 20.6. The highest BCUT2D eigenvalue weighted by molar-refractivity contribution is 5.87. The summed E-state index contributed by atoms with van der Waals surface area (Å²) in [5.74, 6) is -0.686. The van der Waals surface area contributed by atoms with Crippen molar-refractivity contribution in [3.8, 4) is 16.9 Å². The molecule has 2 N–H and O–H groups in total. The molecule has 0 bridgehead atoms. The highest BCUT2D eigenvalue weighted by Crippen LogP contribution is 2.49. The molecule has 0 spiro atoms. The van der Waals surface area contributed by atoms with Gasteiger partial charge < -0.3 is 20.1 Å². The van der Waals surface area contributed by atoms with E-state index in [2.05, 4.69) is 43.2 Å². The lowest BCUT2D eigenvalue weighted by atomic mass is 9.72. The number of nitrogens with zero attached hydrogens (tertiary/aromatic N) is 2. The van der Waals surface area contributed by atoms with E-state index in [1.807, 2.05) is 61.7 Å². The molecule has 0 radical (unpaired) electrons. The summed E-state index contributed by atoms with van der Waals surface area (Å²) in [6.07, 6.45) is 6.66. The Morgan fingerprint density at radius 1 is 1.00 bits per heavy atom. The van der Waals surface area contributed by atoms with Gasteiger partial charge in [-0.1, -0.05) is 82.5 Å². The lowest BCUT2D eigenvalue weighted by molar-refractivity contribution is -0.154. The molecule has 5 rings (SSSR count). The van der Waals surface area contributed by atoms with Crippen molar-refractivity contribution in [3.63, 3.8) is 0 Å². The first-order valence-corrected chi connectivity index (χ1v) is 15.5. The Balaban J connectivity index is 1.56. The number of carboxylic acids is 1. The number of rotatable bonds is 8. The smallest absolute Gasteiger partial charge is 0.326 e. The maximum Gasteiger partial charge on any atom is 0.326 e. The van der Waals surface area contributed by atoms with Crippen LogP contribution in [-0.2, 0) is 16.1 Å². The molecule has 7 heteroatoms. The average molecular weight is 584 g/mol.